The van der Waals surface area contributed by atoms with Crippen LogP contribution in [0, 0.1) is 0 Å². The minimum absolute atomic E-state index is 0.287. The fourth-order valence-corrected chi connectivity index (χ4v) is 1.27. The van der Waals surface area contributed by atoms with Crippen LogP contribution in [-0.4, -0.2) is 46.3 Å². The van der Waals surface area contributed by atoms with E-state index in [4.69, 9.17) is 15.9 Å². The SMILES string of the molecule is NCC[C@@H]1NC(O)[C@@H](O)[C@H]1O. The van der Waals surface area contributed by atoms with Crippen LogP contribution in [0.2, 0.25) is 0 Å². The van der Waals surface area contributed by atoms with Gasteiger partial charge in [0, 0.05) is 6.04 Å². The predicted molar refractivity (Wildman–Crippen MR) is 38.6 cm³/mol. The smallest absolute Gasteiger partial charge is 0.134 e. The molecule has 4 atom stereocenters. The summed E-state index contributed by atoms with van der Waals surface area (Å²) < 4.78 is 0. The van der Waals surface area contributed by atoms with Crippen LogP contribution in [0.3, 0.4) is 0 Å². The molecule has 0 aromatic heterocycles. The van der Waals surface area contributed by atoms with Crippen LogP contribution < -0.4 is 11.1 Å². The van der Waals surface area contributed by atoms with E-state index in [0.29, 0.717) is 13.0 Å². The number of aliphatic hydroxyl groups excluding tert-OH is 3. The zero-order valence-electron chi connectivity index (χ0n) is 6.14. The lowest BCUT2D eigenvalue weighted by atomic mass is 10.1. The van der Waals surface area contributed by atoms with Gasteiger partial charge in [-0.25, -0.2) is 0 Å². The highest BCUT2D eigenvalue weighted by Crippen LogP contribution is 2.14. The molecule has 0 bridgehead atoms. The second-order valence-electron chi connectivity index (χ2n) is 2.78. The van der Waals surface area contributed by atoms with Gasteiger partial charge in [-0.1, -0.05) is 0 Å². The van der Waals surface area contributed by atoms with Gasteiger partial charge < -0.3 is 21.1 Å². The monoisotopic (exact) mass is 162 g/mol. The molecule has 5 heteroatoms. The lowest BCUT2D eigenvalue weighted by Crippen LogP contribution is -2.35. The Morgan fingerprint density at radius 1 is 1.18 bits per heavy atom. The van der Waals surface area contributed by atoms with E-state index in [9.17, 15) is 5.11 Å². The number of hydrogen-bond donors (Lipinski definition) is 5. The molecule has 1 unspecified atom stereocenters. The van der Waals surface area contributed by atoms with Crippen molar-refractivity contribution in [2.24, 2.45) is 5.73 Å². The van der Waals surface area contributed by atoms with Gasteiger partial charge in [-0.2, -0.15) is 0 Å². The Bertz CT molecular complexity index is 133. The Labute approximate surface area is 64.8 Å². The summed E-state index contributed by atoms with van der Waals surface area (Å²) in [6.45, 7) is 0.425. The highest BCUT2D eigenvalue weighted by molar-refractivity contribution is 4.93. The van der Waals surface area contributed by atoms with Crippen molar-refractivity contribution in [2.45, 2.75) is 30.9 Å². The molecule has 1 aliphatic heterocycles. The summed E-state index contributed by atoms with van der Waals surface area (Å²) in [4.78, 5) is 0. The summed E-state index contributed by atoms with van der Waals surface area (Å²) in [7, 11) is 0. The lowest BCUT2D eigenvalue weighted by molar-refractivity contribution is -0.0240. The molecular formula is C6H14N2O3. The third kappa shape index (κ3) is 1.69. The van der Waals surface area contributed by atoms with Gasteiger partial charge in [0.1, 0.15) is 12.3 Å². The molecule has 1 heterocycles. The van der Waals surface area contributed by atoms with E-state index in [0.717, 1.165) is 0 Å². The fraction of sp³-hybridized carbons (Fsp3) is 1.00. The van der Waals surface area contributed by atoms with Crippen molar-refractivity contribution in [1.82, 2.24) is 5.32 Å². The van der Waals surface area contributed by atoms with Gasteiger partial charge in [-0.3, -0.25) is 5.32 Å². The molecule has 0 aromatic carbocycles. The molecule has 0 amide bonds. The molecule has 5 nitrogen and oxygen atoms in total. The van der Waals surface area contributed by atoms with E-state index >= 15 is 0 Å². The first-order valence-electron chi connectivity index (χ1n) is 3.67. The Kier molecular flexibility index (Phi) is 2.80. The van der Waals surface area contributed by atoms with Gasteiger partial charge in [0.25, 0.3) is 0 Å². The molecule has 0 saturated carbocycles. The zero-order valence-corrected chi connectivity index (χ0v) is 6.14. The summed E-state index contributed by atoms with van der Waals surface area (Å²) in [6.07, 6.45) is -2.48. The first kappa shape index (κ1) is 8.89. The number of hydrogen-bond acceptors (Lipinski definition) is 5. The van der Waals surface area contributed by atoms with Crippen molar-refractivity contribution in [3.05, 3.63) is 0 Å². The average Bonchev–Trinajstić information content (AvgIpc) is 2.19. The Hall–Kier alpha value is -0.200. The average molecular weight is 162 g/mol. The van der Waals surface area contributed by atoms with Gasteiger partial charge in [-0.15, -0.1) is 0 Å². The molecule has 1 rings (SSSR count). The van der Waals surface area contributed by atoms with Gasteiger partial charge in [-0.05, 0) is 13.0 Å². The topological polar surface area (TPSA) is 98.7 Å². The van der Waals surface area contributed by atoms with E-state index in [-0.39, 0.29) is 6.04 Å². The first-order valence-corrected chi connectivity index (χ1v) is 3.67. The van der Waals surface area contributed by atoms with Crippen molar-refractivity contribution in [1.29, 1.82) is 0 Å². The quantitative estimate of drug-likeness (QED) is 0.305. The lowest BCUT2D eigenvalue weighted by Gasteiger charge is -2.13. The molecule has 0 radical (unpaired) electrons. The maximum atomic E-state index is 9.23. The van der Waals surface area contributed by atoms with Crippen LogP contribution in [0.4, 0.5) is 0 Å². The van der Waals surface area contributed by atoms with Gasteiger partial charge in [0.15, 0.2) is 0 Å². The van der Waals surface area contributed by atoms with Crippen LogP contribution in [0.5, 0.6) is 0 Å². The number of nitrogens with one attached hydrogen (secondary N) is 1. The second kappa shape index (κ2) is 3.46. The van der Waals surface area contributed by atoms with Crippen LogP contribution >= 0.6 is 0 Å². The fourth-order valence-electron chi connectivity index (χ4n) is 1.27. The second-order valence-corrected chi connectivity index (χ2v) is 2.78. The summed E-state index contributed by atoms with van der Waals surface area (Å²) in [5.74, 6) is 0. The van der Waals surface area contributed by atoms with Crippen molar-refractivity contribution in [3.8, 4) is 0 Å². The van der Waals surface area contributed by atoms with E-state index in [1.165, 1.54) is 0 Å². The number of rotatable bonds is 2. The minimum atomic E-state index is -1.09. The molecule has 1 aliphatic rings. The zero-order chi connectivity index (χ0) is 8.43. The molecule has 0 aromatic rings. The summed E-state index contributed by atoms with van der Waals surface area (Å²) in [6, 6.07) is -0.287. The van der Waals surface area contributed by atoms with Gasteiger partial charge in [0.2, 0.25) is 0 Å². The van der Waals surface area contributed by atoms with E-state index in [2.05, 4.69) is 5.32 Å². The standard InChI is InChI=1S/C6H14N2O3/c7-2-1-3-4(9)5(10)6(11)8-3/h3-6,8-11H,1-2,7H2/t3-,4-,5-,6?/m0/s1. The Morgan fingerprint density at radius 3 is 2.18 bits per heavy atom. The largest absolute Gasteiger partial charge is 0.389 e. The van der Waals surface area contributed by atoms with E-state index < -0.39 is 18.4 Å². The van der Waals surface area contributed by atoms with Crippen molar-refractivity contribution in [3.63, 3.8) is 0 Å². The van der Waals surface area contributed by atoms with Crippen molar-refractivity contribution < 1.29 is 15.3 Å². The number of nitrogens with two attached hydrogens (primary N) is 1. The molecular weight excluding hydrogens is 148 g/mol. The molecule has 0 aliphatic carbocycles. The highest BCUT2D eigenvalue weighted by atomic mass is 16.4. The number of aliphatic hydroxyl groups is 3. The normalized spacial score (nSPS) is 44.7. The van der Waals surface area contributed by atoms with Crippen LogP contribution in [0.15, 0.2) is 0 Å². The molecule has 1 fully saturated rings. The van der Waals surface area contributed by atoms with Crippen LogP contribution in [0.25, 0.3) is 0 Å². The Morgan fingerprint density at radius 2 is 1.82 bits per heavy atom. The molecule has 11 heavy (non-hydrogen) atoms. The Balaban J connectivity index is 2.45. The highest BCUT2D eigenvalue weighted by Gasteiger charge is 2.39. The van der Waals surface area contributed by atoms with E-state index in [1.54, 1.807) is 0 Å². The van der Waals surface area contributed by atoms with Gasteiger partial charge in [0.05, 0.1) is 6.10 Å². The van der Waals surface area contributed by atoms with Crippen LogP contribution in [0.1, 0.15) is 6.42 Å². The summed E-state index contributed by atoms with van der Waals surface area (Å²) >= 11 is 0. The first-order chi connectivity index (χ1) is 5.16. The summed E-state index contributed by atoms with van der Waals surface area (Å²) in [5.41, 5.74) is 5.25. The minimum Gasteiger partial charge on any atom is -0.389 e. The molecule has 6 N–H and O–H groups in total. The molecule has 1 saturated heterocycles. The maximum Gasteiger partial charge on any atom is 0.134 e. The van der Waals surface area contributed by atoms with Crippen molar-refractivity contribution >= 4 is 0 Å². The van der Waals surface area contributed by atoms with Crippen molar-refractivity contribution in [2.75, 3.05) is 6.54 Å². The summed E-state index contributed by atoms with van der Waals surface area (Å²) in [5, 5.41) is 29.9. The van der Waals surface area contributed by atoms with E-state index in [1.807, 2.05) is 0 Å². The third-order valence-corrected chi connectivity index (χ3v) is 1.95. The maximum absolute atomic E-state index is 9.23. The molecule has 0 spiro atoms. The van der Waals surface area contributed by atoms with Crippen LogP contribution in [-0.2, 0) is 0 Å². The van der Waals surface area contributed by atoms with Gasteiger partial charge >= 0.3 is 0 Å². The predicted octanol–water partition coefficient (Wildman–Crippen LogP) is -2.65. The molecule has 66 valence electrons. The third-order valence-electron chi connectivity index (χ3n) is 1.95.